The first-order valence-corrected chi connectivity index (χ1v) is 7.27. The van der Waals surface area contributed by atoms with Crippen LogP contribution in [0.1, 0.15) is 71.1 Å². The third-order valence-electron chi connectivity index (χ3n) is 4.04. The normalized spacial score (nSPS) is 23.1. The zero-order valence-electron chi connectivity index (χ0n) is 11.1. The van der Waals surface area contributed by atoms with Crippen molar-refractivity contribution >= 4 is 5.78 Å². The summed E-state index contributed by atoms with van der Waals surface area (Å²) in [4.78, 5) is 12.2. The van der Waals surface area contributed by atoms with E-state index in [0.29, 0.717) is 5.78 Å². The predicted octanol–water partition coefficient (Wildman–Crippen LogP) is 4.73. The summed E-state index contributed by atoms with van der Waals surface area (Å²) in [5, 5.41) is 0. The van der Waals surface area contributed by atoms with Crippen LogP contribution in [0.5, 0.6) is 0 Å². The number of hydrogen-bond acceptors (Lipinski definition) is 1. The van der Waals surface area contributed by atoms with Crippen LogP contribution < -0.4 is 0 Å². The molecule has 0 heterocycles. The first-order valence-electron chi connectivity index (χ1n) is 7.27. The Labute approximate surface area is 105 Å². The van der Waals surface area contributed by atoms with E-state index in [4.69, 9.17) is 0 Å². The largest absolute Gasteiger partial charge is 0.289 e. The van der Waals surface area contributed by atoms with Crippen LogP contribution >= 0.6 is 0 Å². The lowest BCUT2D eigenvalue weighted by molar-refractivity contribution is -0.111. The molecule has 2 aliphatic rings. The van der Waals surface area contributed by atoms with Crippen LogP contribution in [-0.2, 0) is 4.79 Å². The first-order chi connectivity index (χ1) is 8.33. The Morgan fingerprint density at radius 3 is 2.53 bits per heavy atom. The Bertz CT molecular complexity index is 339. The topological polar surface area (TPSA) is 17.1 Å². The standard InChI is InChI=1S/C16H24O/c1-2-3-4-5-10-14-11-12-15(16(14)17)13-8-6-7-9-13/h10H,2-9,11-12H2,1H3. The number of unbranched alkanes of at least 4 members (excludes halogenated alkanes) is 3. The maximum atomic E-state index is 12.2. The maximum Gasteiger partial charge on any atom is 0.184 e. The summed E-state index contributed by atoms with van der Waals surface area (Å²) in [7, 11) is 0. The summed E-state index contributed by atoms with van der Waals surface area (Å²) >= 11 is 0. The molecule has 2 rings (SSSR count). The maximum absolute atomic E-state index is 12.2. The third kappa shape index (κ3) is 3.08. The Morgan fingerprint density at radius 1 is 1.06 bits per heavy atom. The molecule has 0 aromatic carbocycles. The molecule has 2 aliphatic carbocycles. The molecule has 0 amide bonds. The van der Waals surface area contributed by atoms with E-state index in [0.717, 1.165) is 24.8 Å². The zero-order valence-corrected chi connectivity index (χ0v) is 11.1. The number of hydrogen-bond donors (Lipinski definition) is 0. The summed E-state index contributed by atoms with van der Waals surface area (Å²) < 4.78 is 0. The van der Waals surface area contributed by atoms with E-state index in [1.165, 1.54) is 56.1 Å². The van der Waals surface area contributed by atoms with Gasteiger partial charge in [-0.05, 0) is 62.5 Å². The first kappa shape index (κ1) is 12.6. The van der Waals surface area contributed by atoms with Gasteiger partial charge in [0.2, 0.25) is 0 Å². The third-order valence-corrected chi connectivity index (χ3v) is 4.04. The monoisotopic (exact) mass is 232 g/mol. The number of ketones is 1. The Kier molecular flexibility index (Phi) is 4.58. The predicted molar refractivity (Wildman–Crippen MR) is 72.0 cm³/mol. The quantitative estimate of drug-likeness (QED) is 0.506. The van der Waals surface area contributed by atoms with E-state index < -0.39 is 0 Å². The summed E-state index contributed by atoms with van der Waals surface area (Å²) in [6.07, 6.45) is 14.1. The van der Waals surface area contributed by atoms with E-state index in [1.807, 2.05) is 0 Å². The van der Waals surface area contributed by atoms with Crippen molar-refractivity contribution in [3.8, 4) is 0 Å². The smallest absolute Gasteiger partial charge is 0.184 e. The van der Waals surface area contributed by atoms with Gasteiger partial charge < -0.3 is 0 Å². The van der Waals surface area contributed by atoms with Crippen LogP contribution in [0.4, 0.5) is 0 Å². The summed E-state index contributed by atoms with van der Waals surface area (Å²) in [6, 6.07) is 0. The molecule has 1 heteroatoms. The molecular weight excluding hydrogens is 208 g/mol. The van der Waals surface area contributed by atoms with Gasteiger partial charge in [-0.1, -0.05) is 31.4 Å². The minimum absolute atomic E-state index is 0.387. The fraction of sp³-hybridized carbons (Fsp3) is 0.688. The lowest BCUT2D eigenvalue weighted by atomic mass is 10.0. The van der Waals surface area contributed by atoms with Gasteiger partial charge in [0, 0.05) is 0 Å². The summed E-state index contributed by atoms with van der Waals surface area (Å²) in [5.74, 6) is 0.387. The molecule has 94 valence electrons. The molecule has 0 radical (unpaired) electrons. The van der Waals surface area contributed by atoms with E-state index >= 15 is 0 Å². The second kappa shape index (κ2) is 6.18. The number of rotatable bonds is 4. The van der Waals surface area contributed by atoms with Crippen molar-refractivity contribution in [2.75, 3.05) is 0 Å². The molecule has 0 aromatic heterocycles. The molecule has 0 spiro atoms. The number of carbonyl (C=O) groups excluding carboxylic acids is 1. The van der Waals surface area contributed by atoms with Crippen LogP contribution in [0.2, 0.25) is 0 Å². The van der Waals surface area contributed by atoms with Crippen molar-refractivity contribution in [2.45, 2.75) is 71.1 Å². The molecule has 0 saturated heterocycles. The molecular formula is C16H24O. The van der Waals surface area contributed by atoms with Crippen LogP contribution in [0.3, 0.4) is 0 Å². The Morgan fingerprint density at radius 2 is 1.82 bits per heavy atom. The van der Waals surface area contributed by atoms with Gasteiger partial charge in [-0.3, -0.25) is 4.79 Å². The zero-order chi connectivity index (χ0) is 12.1. The molecule has 2 saturated carbocycles. The highest BCUT2D eigenvalue weighted by molar-refractivity contribution is 6.11. The molecule has 0 atom stereocenters. The fourth-order valence-electron chi connectivity index (χ4n) is 2.99. The van der Waals surface area contributed by atoms with Crippen molar-refractivity contribution in [1.29, 1.82) is 0 Å². The van der Waals surface area contributed by atoms with Crippen LogP contribution in [-0.4, -0.2) is 5.78 Å². The Hall–Kier alpha value is -0.850. The minimum atomic E-state index is 0.387. The highest BCUT2D eigenvalue weighted by Gasteiger charge is 2.26. The molecule has 0 unspecified atom stereocenters. The van der Waals surface area contributed by atoms with Gasteiger partial charge in [0.15, 0.2) is 5.78 Å². The van der Waals surface area contributed by atoms with E-state index in [1.54, 1.807) is 0 Å². The van der Waals surface area contributed by atoms with E-state index in [2.05, 4.69) is 13.0 Å². The van der Waals surface area contributed by atoms with Crippen molar-refractivity contribution in [3.63, 3.8) is 0 Å². The average Bonchev–Trinajstić information content (AvgIpc) is 2.95. The van der Waals surface area contributed by atoms with Gasteiger partial charge in [0.05, 0.1) is 0 Å². The van der Waals surface area contributed by atoms with Gasteiger partial charge in [-0.15, -0.1) is 0 Å². The summed E-state index contributed by atoms with van der Waals surface area (Å²) in [6.45, 7) is 2.22. The van der Waals surface area contributed by atoms with Crippen molar-refractivity contribution in [1.82, 2.24) is 0 Å². The second-order valence-electron chi connectivity index (χ2n) is 5.34. The van der Waals surface area contributed by atoms with Crippen LogP contribution in [0.15, 0.2) is 22.8 Å². The van der Waals surface area contributed by atoms with Gasteiger partial charge in [-0.2, -0.15) is 0 Å². The number of carbonyl (C=O) groups is 1. The molecule has 0 aromatic rings. The number of Topliss-reactive ketones (excluding diaryl/α,β-unsaturated/α-hetero) is 1. The number of allylic oxidation sites excluding steroid dienone is 4. The van der Waals surface area contributed by atoms with Gasteiger partial charge >= 0.3 is 0 Å². The highest BCUT2D eigenvalue weighted by Crippen LogP contribution is 2.35. The highest BCUT2D eigenvalue weighted by atomic mass is 16.1. The van der Waals surface area contributed by atoms with Gasteiger partial charge in [0.25, 0.3) is 0 Å². The van der Waals surface area contributed by atoms with Gasteiger partial charge in [-0.25, -0.2) is 0 Å². The Balaban J connectivity index is 1.95. The average molecular weight is 232 g/mol. The second-order valence-corrected chi connectivity index (χ2v) is 5.34. The van der Waals surface area contributed by atoms with Crippen LogP contribution in [0.25, 0.3) is 0 Å². The van der Waals surface area contributed by atoms with E-state index in [-0.39, 0.29) is 0 Å². The van der Waals surface area contributed by atoms with Crippen molar-refractivity contribution < 1.29 is 4.79 Å². The van der Waals surface area contributed by atoms with Crippen molar-refractivity contribution in [2.24, 2.45) is 0 Å². The summed E-state index contributed by atoms with van der Waals surface area (Å²) in [5.41, 5.74) is 3.77. The molecule has 2 fully saturated rings. The lowest BCUT2D eigenvalue weighted by Crippen LogP contribution is -1.98. The minimum Gasteiger partial charge on any atom is -0.289 e. The van der Waals surface area contributed by atoms with Crippen molar-refractivity contribution in [3.05, 3.63) is 22.8 Å². The SMILES string of the molecule is CCCCCC=C1CCC(=C2CCCC2)C1=O. The molecule has 0 N–H and O–H groups in total. The van der Waals surface area contributed by atoms with Crippen LogP contribution in [0, 0.1) is 0 Å². The molecule has 17 heavy (non-hydrogen) atoms. The molecule has 0 aliphatic heterocycles. The van der Waals surface area contributed by atoms with E-state index in [9.17, 15) is 4.79 Å². The van der Waals surface area contributed by atoms with Gasteiger partial charge in [0.1, 0.15) is 0 Å². The molecule has 1 nitrogen and oxygen atoms in total. The fourth-order valence-corrected chi connectivity index (χ4v) is 2.99. The lowest BCUT2D eigenvalue weighted by Gasteiger charge is -2.00. The molecule has 0 bridgehead atoms.